The zero-order valence-electron chi connectivity index (χ0n) is 13.1. The van der Waals surface area contributed by atoms with Crippen LogP contribution in [0.3, 0.4) is 0 Å². The first-order valence-electron chi connectivity index (χ1n) is 7.59. The molecule has 0 saturated heterocycles. The van der Waals surface area contributed by atoms with Gasteiger partial charge >= 0.3 is 5.69 Å². The molecule has 0 spiro atoms. The molecule has 3 N–H and O–H groups in total. The van der Waals surface area contributed by atoms with Crippen LogP contribution < -0.4 is 11.0 Å². The van der Waals surface area contributed by atoms with E-state index in [0.29, 0.717) is 47.4 Å². The summed E-state index contributed by atoms with van der Waals surface area (Å²) in [6, 6.07) is 7.23. The number of aryl methyl sites for hydroxylation is 1. The molecule has 0 radical (unpaired) electrons. The number of carbonyl (C=O) groups excluding carboxylic acids is 1. The Balaban J connectivity index is 1.45. The van der Waals surface area contributed by atoms with Crippen molar-refractivity contribution in [1.82, 2.24) is 30.6 Å². The number of H-pyrrole nitrogens is 2. The standard InChI is InChI=1S/C15H15ClN6O3/c16-10-5-2-1-4-9(10)14-19-13(25-22-14)7-3-6-12(23)17-8-11-18-15(24)21-20-11/h1-2,4-5H,3,6-8H2,(H,17,23)(H2,18,20,21,24). The number of rotatable bonds is 7. The second-order valence-corrected chi connectivity index (χ2v) is 5.65. The maximum Gasteiger partial charge on any atom is 0.340 e. The van der Waals surface area contributed by atoms with Crippen LogP contribution in [-0.2, 0) is 17.8 Å². The van der Waals surface area contributed by atoms with Gasteiger partial charge in [-0.2, -0.15) is 10.1 Å². The lowest BCUT2D eigenvalue weighted by Crippen LogP contribution is -2.23. The molecule has 0 bridgehead atoms. The smallest absolute Gasteiger partial charge is 0.340 e. The number of benzene rings is 1. The Bertz CT molecular complexity index is 916. The molecule has 1 aromatic carbocycles. The Morgan fingerprint density at radius 1 is 1.32 bits per heavy atom. The SMILES string of the molecule is O=C(CCCc1nc(-c2ccccc2Cl)no1)NCc1n[nH]c(=O)[nH]1. The van der Waals surface area contributed by atoms with Crippen LogP contribution in [0.25, 0.3) is 11.4 Å². The summed E-state index contributed by atoms with van der Waals surface area (Å²) in [4.78, 5) is 29.4. The van der Waals surface area contributed by atoms with Gasteiger partial charge in [-0.05, 0) is 18.6 Å². The Morgan fingerprint density at radius 3 is 2.92 bits per heavy atom. The molecule has 0 atom stereocenters. The molecule has 9 nitrogen and oxygen atoms in total. The molecule has 0 unspecified atom stereocenters. The average molecular weight is 363 g/mol. The van der Waals surface area contributed by atoms with Crippen molar-refractivity contribution >= 4 is 17.5 Å². The molecule has 0 aliphatic carbocycles. The molecule has 0 aliphatic rings. The van der Waals surface area contributed by atoms with Gasteiger partial charge in [0.25, 0.3) is 0 Å². The first-order valence-corrected chi connectivity index (χ1v) is 7.97. The van der Waals surface area contributed by atoms with Crippen LogP contribution in [0.4, 0.5) is 0 Å². The first kappa shape index (κ1) is 16.9. The third-order valence-corrected chi connectivity index (χ3v) is 3.71. The fraction of sp³-hybridized carbons (Fsp3) is 0.267. The minimum atomic E-state index is -0.407. The topological polar surface area (TPSA) is 130 Å². The third kappa shape index (κ3) is 4.54. The monoisotopic (exact) mass is 362 g/mol. The van der Waals surface area contributed by atoms with Crippen molar-refractivity contribution in [2.24, 2.45) is 0 Å². The van der Waals surface area contributed by atoms with Crippen LogP contribution >= 0.6 is 11.6 Å². The van der Waals surface area contributed by atoms with Crippen molar-refractivity contribution in [3.05, 3.63) is 51.5 Å². The van der Waals surface area contributed by atoms with E-state index in [1.54, 1.807) is 6.07 Å². The van der Waals surface area contributed by atoms with Crippen molar-refractivity contribution in [1.29, 1.82) is 0 Å². The van der Waals surface area contributed by atoms with Crippen LogP contribution in [0.2, 0.25) is 5.02 Å². The predicted octanol–water partition coefficient (Wildman–Crippen LogP) is 1.44. The lowest BCUT2D eigenvalue weighted by molar-refractivity contribution is -0.121. The summed E-state index contributed by atoms with van der Waals surface area (Å²) in [7, 11) is 0. The predicted molar refractivity (Wildman–Crippen MR) is 88.7 cm³/mol. The van der Waals surface area contributed by atoms with Gasteiger partial charge in [0, 0.05) is 18.4 Å². The van der Waals surface area contributed by atoms with E-state index in [-0.39, 0.29) is 12.5 Å². The second kappa shape index (κ2) is 7.75. The number of nitrogens with one attached hydrogen (secondary N) is 3. The van der Waals surface area contributed by atoms with E-state index in [1.807, 2.05) is 18.2 Å². The van der Waals surface area contributed by atoms with E-state index >= 15 is 0 Å². The number of carbonyl (C=O) groups is 1. The van der Waals surface area contributed by atoms with E-state index < -0.39 is 5.69 Å². The lowest BCUT2D eigenvalue weighted by Gasteiger charge is -2.01. The van der Waals surface area contributed by atoms with Crippen LogP contribution in [0.15, 0.2) is 33.6 Å². The molecule has 0 aliphatic heterocycles. The molecule has 3 rings (SSSR count). The maximum absolute atomic E-state index is 11.8. The lowest BCUT2D eigenvalue weighted by atomic mass is 10.2. The van der Waals surface area contributed by atoms with Gasteiger partial charge in [-0.3, -0.25) is 9.78 Å². The minimum absolute atomic E-state index is 0.158. The van der Waals surface area contributed by atoms with E-state index in [2.05, 4.69) is 30.6 Å². The van der Waals surface area contributed by atoms with Crippen molar-refractivity contribution in [3.63, 3.8) is 0 Å². The van der Waals surface area contributed by atoms with Gasteiger partial charge in [0.1, 0.15) is 5.82 Å². The highest BCUT2D eigenvalue weighted by atomic mass is 35.5. The van der Waals surface area contributed by atoms with E-state index in [4.69, 9.17) is 16.1 Å². The molecular weight excluding hydrogens is 348 g/mol. The molecule has 3 aromatic rings. The highest BCUT2D eigenvalue weighted by molar-refractivity contribution is 6.33. The summed E-state index contributed by atoms with van der Waals surface area (Å²) in [5.74, 6) is 1.08. The average Bonchev–Trinajstić information content (AvgIpc) is 3.22. The van der Waals surface area contributed by atoms with Crippen molar-refractivity contribution in [2.45, 2.75) is 25.8 Å². The van der Waals surface area contributed by atoms with Gasteiger partial charge < -0.3 is 9.84 Å². The van der Waals surface area contributed by atoms with Crippen molar-refractivity contribution in [3.8, 4) is 11.4 Å². The molecule has 1 amide bonds. The summed E-state index contributed by atoms with van der Waals surface area (Å²) in [5, 5.41) is 13.0. The molecular formula is C15H15ClN6O3. The number of aromatic amines is 2. The molecule has 10 heteroatoms. The summed E-state index contributed by atoms with van der Waals surface area (Å²) in [5.41, 5.74) is 0.292. The second-order valence-electron chi connectivity index (χ2n) is 5.25. The van der Waals surface area contributed by atoms with Crippen LogP contribution in [0.1, 0.15) is 24.6 Å². The summed E-state index contributed by atoms with van der Waals surface area (Å²) in [6.07, 6.45) is 1.32. The Labute approximate surface area is 146 Å². The van der Waals surface area contributed by atoms with E-state index in [0.717, 1.165) is 0 Å². The fourth-order valence-electron chi connectivity index (χ4n) is 2.17. The summed E-state index contributed by atoms with van der Waals surface area (Å²) >= 11 is 6.10. The normalized spacial score (nSPS) is 10.8. The fourth-order valence-corrected chi connectivity index (χ4v) is 2.39. The summed E-state index contributed by atoms with van der Waals surface area (Å²) in [6.45, 7) is 0.161. The van der Waals surface area contributed by atoms with E-state index in [9.17, 15) is 9.59 Å². The van der Waals surface area contributed by atoms with Crippen LogP contribution in [0, 0.1) is 0 Å². The number of amides is 1. The van der Waals surface area contributed by atoms with Gasteiger partial charge in [-0.15, -0.1) is 0 Å². The molecule has 25 heavy (non-hydrogen) atoms. The van der Waals surface area contributed by atoms with Gasteiger partial charge in [0.15, 0.2) is 0 Å². The number of hydrogen-bond acceptors (Lipinski definition) is 6. The van der Waals surface area contributed by atoms with Crippen LogP contribution in [0.5, 0.6) is 0 Å². The highest BCUT2D eigenvalue weighted by Gasteiger charge is 2.12. The van der Waals surface area contributed by atoms with Crippen LogP contribution in [-0.4, -0.2) is 31.2 Å². The number of halogens is 1. The number of nitrogens with zero attached hydrogens (tertiary/aromatic N) is 3. The number of aromatic nitrogens is 5. The largest absolute Gasteiger partial charge is 0.349 e. The minimum Gasteiger partial charge on any atom is -0.349 e. The summed E-state index contributed by atoms with van der Waals surface area (Å²) < 4.78 is 5.18. The zero-order valence-corrected chi connectivity index (χ0v) is 13.8. The Hall–Kier alpha value is -2.94. The molecule has 2 aromatic heterocycles. The molecule has 0 saturated carbocycles. The Kier molecular flexibility index (Phi) is 5.24. The first-order chi connectivity index (χ1) is 12.1. The highest BCUT2D eigenvalue weighted by Crippen LogP contribution is 2.25. The van der Waals surface area contributed by atoms with Gasteiger partial charge in [0.2, 0.25) is 17.6 Å². The Morgan fingerprint density at radius 2 is 2.16 bits per heavy atom. The quantitative estimate of drug-likeness (QED) is 0.583. The third-order valence-electron chi connectivity index (χ3n) is 3.38. The molecule has 2 heterocycles. The number of hydrogen-bond donors (Lipinski definition) is 3. The van der Waals surface area contributed by atoms with E-state index in [1.165, 1.54) is 0 Å². The molecule has 0 fully saturated rings. The maximum atomic E-state index is 11.8. The van der Waals surface area contributed by atoms with Crippen molar-refractivity contribution < 1.29 is 9.32 Å². The van der Waals surface area contributed by atoms with Crippen molar-refractivity contribution in [2.75, 3.05) is 0 Å². The van der Waals surface area contributed by atoms with Gasteiger partial charge in [-0.1, -0.05) is 28.9 Å². The zero-order chi connectivity index (χ0) is 17.6. The van der Waals surface area contributed by atoms with Gasteiger partial charge in [-0.25, -0.2) is 9.89 Å². The van der Waals surface area contributed by atoms with Gasteiger partial charge in [0.05, 0.1) is 11.6 Å². The molecule has 130 valence electrons.